The number of rotatable bonds is 13. The summed E-state index contributed by atoms with van der Waals surface area (Å²) in [6, 6.07) is 5.56. The number of phenols is 1. The zero-order chi connectivity index (χ0) is 20.9. The van der Waals surface area contributed by atoms with E-state index in [0.717, 1.165) is 37.7 Å². The Labute approximate surface area is 167 Å². The second-order valence-corrected chi connectivity index (χ2v) is 7.23. The van der Waals surface area contributed by atoms with E-state index >= 15 is 0 Å². The molecule has 1 rings (SSSR count). The van der Waals surface area contributed by atoms with E-state index in [1.54, 1.807) is 24.3 Å². The summed E-state index contributed by atoms with van der Waals surface area (Å²) in [7, 11) is 0. The first-order valence-corrected chi connectivity index (χ1v) is 9.97. The first kappa shape index (κ1) is 23.5. The van der Waals surface area contributed by atoms with E-state index in [4.69, 9.17) is 5.73 Å². The van der Waals surface area contributed by atoms with Gasteiger partial charge in [-0.2, -0.15) is 0 Å². The first-order valence-electron chi connectivity index (χ1n) is 9.97. The highest BCUT2D eigenvalue weighted by Gasteiger charge is 2.22. The van der Waals surface area contributed by atoms with Gasteiger partial charge < -0.3 is 21.5 Å². The van der Waals surface area contributed by atoms with Crippen molar-refractivity contribution in [1.29, 1.82) is 0 Å². The minimum absolute atomic E-state index is 0.167. The van der Waals surface area contributed by atoms with Crippen molar-refractivity contribution in [2.24, 2.45) is 5.73 Å². The predicted octanol–water partition coefficient (Wildman–Crippen LogP) is 2.16. The van der Waals surface area contributed by atoms with Gasteiger partial charge in [0.2, 0.25) is 17.7 Å². The second kappa shape index (κ2) is 12.8. The number of unbranched alkanes of at least 4 members (excludes halogenated alkanes) is 4. The summed E-state index contributed by atoms with van der Waals surface area (Å²) in [5, 5.41) is 14.7. The maximum atomic E-state index is 12.2. The minimum atomic E-state index is -1.01. The first-order chi connectivity index (χ1) is 13.3. The number of nitrogens with one attached hydrogen (secondary N) is 2. The molecule has 0 saturated heterocycles. The van der Waals surface area contributed by atoms with Gasteiger partial charge in [0.15, 0.2) is 0 Å². The van der Waals surface area contributed by atoms with Gasteiger partial charge in [0.1, 0.15) is 11.8 Å². The number of primary amides is 1. The van der Waals surface area contributed by atoms with E-state index in [1.807, 2.05) is 6.92 Å². The summed E-state index contributed by atoms with van der Waals surface area (Å²) < 4.78 is 0. The molecule has 1 aromatic rings. The highest BCUT2D eigenvalue weighted by atomic mass is 16.3. The number of nitrogens with two attached hydrogens (primary N) is 1. The molecule has 0 saturated carbocycles. The van der Waals surface area contributed by atoms with Crippen LogP contribution < -0.4 is 16.4 Å². The Bertz CT molecular complexity index is 631. The predicted molar refractivity (Wildman–Crippen MR) is 109 cm³/mol. The van der Waals surface area contributed by atoms with Gasteiger partial charge in [-0.15, -0.1) is 0 Å². The Balaban J connectivity index is 2.40. The molecule has 0 heterocycles. The fourth-order valence-corrected chi connectivity index (χ4v) is 2.93. The summed E-state index contributed by atoms with van der Waals surface area (Å²) in [5.74, 6) is -1.14. The molecule has 0 bridgehead atoms. The number of aromatic hydroxyl groups is 1. The van der Waals surface area contributed by atoms with Crippen LogP contribution in [0.4, 0.5) is 0 Å². The quantitative estimate of drug-likeness (QED) is 0.385. The topological polar surface area (TPSA) is 122 Å². The van der Waals surface area contributed by atoms with Crippen LogP contribution in [-0.4, -0.2) is 34.9 Å². The molecule has 0 unspecified atom stereocenters. The van der Waals surface area contributed by atoms with Crippen molar-refractivity contribution in [3.63, 3.8) is 0 Å². The highest BCUT2D eigenvalue weighted by molar-refractivity contribution is 5.91. The molecule has 3 amide bonds. The van der Waals surface area contributed by atoms with Crippen LogP contribution in [0.2, 0.25) is 0 Å². The van der Waals surface area contributed by atoms with E-state index in [0.29, 0.717) is 12.8 Å². The molecule has 0 fully saturated rings. The molecule has 1 aromatic carbocycles. The molecule has 156 valence electrons. The molecule has 0 aliphatic carbocycles. The van der Waals surface area contributed by atoms with E-state index in [1.165, 1.54) is 0 Å². The van der Waals surface area contributed by atoms with Crippen LogP contribution in [0, 0.1) is 0 Å². The molecular formula is C21H33N3O4. The lowest BCUT2D eigenvalue weighted by Crippen LogP contribution is -2.48. The number of hydrogen-bond acceptors (Lipinski definition) is 4. The zero-order valence-corrected chi connectivity index (χ0v) is 16.9. The van der Waals surface area contributed by atoms with Crippen LogP contribution >= 0.6 is 0 Å². The average molecular weight is 392 g/mol. The maximum Gasteiger partial charge on any atom is 0.240 e. The van der Waals surface area contributed by atoms with Crippen LogP contribution in [-0.2, 0) is 20.8 Å². The normalized spacial score (nSPS) is 12.8. The molecule has 0 radical (unpaired) electrons. The summed E-state index contributed by atoms with van der Waals surface area (Å²) in [6.07, 6.45) is 5.82. The van der Waals surface area contributed by atoms with Crippen molar-refractivity contribution < 1.29 is 19.5 Å². The highest BCUT2D eigenvalue weighted by Crippen LogP contribution is 2.11. The third kappa shape index (κ3) is 9.94. The van der Waals surface area contributed by atoms with Gasteiger partial charge in [-0.05, 0) is 37.5 Å². The van der Waals surface area contributed by atoms with Gasteiger partial charge in [-0.25, -0.2) is 0 Å². The van der Waals surface area contributed by atoms with E-state index < -0.39 is 11.9 Å². The van der Waals surface area contributed by atoms with E-state index in [9.17, 15) is 19.5 Å². The molecule has 0 aliphatic heterocycles. The molecule has 7 nitrogen and oxygen atoms in total. The van der Waals surface area contributed by atoms with Crippen LogP contribution in [0.1, 0.15) is 64.4 Å². The van der Waals surface area contributed by atoms with Crippen molar-refractivity contribution in [3.8, 4) is 5.75 Å². The lowest BCUT2D eigenvalue weighted by atomic mass is 10.1. The Morgan fingerprint density at radius 2 is 1.64 bits per heavy atom. The van der Waals surface area contributed by atoms with Gasteiger partial charge in [0, 0.05) is 12.5 Å². The van der Waals surface area contributed by atoms with E-state index in [-0.39, 0.29) is 30.0 Å². The minimum Gasteiger partial charge on any atom is -0.508 e. The summed E-state index contributed by atoms with van der Waals surface area (Å²) in [4.78, 5) is 35.8. The number of hydrogen-bond donors (Lipinski definition) is 4. The van der Waals surface area contributed by atoms with Gasteiger partial charge in [-0.3, -0.25) is 14.4 Å². The summed E-state index contributed by atoms with van der Waals surface area (Å²) in [5.41, 5.74) is 6.31. The molecule has 0 aromatic heterocycles. The van der Waals surface area contributed by atoms with Gasteiger partial charge in [0.25, 0.3) is 0 Å². The number of carbonyl (C=O) groups excluding carboxylic acids is 3. The number of benzene rings is 1. The van der Waals surface area contributed by atoms with Gasteiger partial charge >= 0.3 is 0 Å². The lowest BCUT2D eigenvalue weighted by Gasteiger charge is -2.18. The molecule has 7 heteroatoms. The molecule has 0 aliphatic rings. The Morgan fingerprint density at radius 1 is 1.00 bits per heavy atom. The fraction of sp³-hybridized carbons (Fsp3) is 0.571. The van der Waals surface area contributed by atoms with Crippen molar-refractivity contribution in [2.45, 2.75) is 77.3 Å². The van der Waals surface area contributed by atoms with Gasteiger partial charge in [-0.1, -0.05) is 44.7 Å². The van der Waals surface area contributed by atoms with Crippen molar-refractivity contribution >= 4 is 17.7 Å². The standard InChI is InChI=1S/C21H33N3O4/c1-3-4-5-6-7-8-19(26)24-18(21(22)28)14-20(27)23-15(2)13-16-9-11-17(25)12-10-16/h9-12,15,18,25H,3-8,13-14H2,1-2H3,(H2,22,28)(H,23,27)(H,24,26)/t15-,18+/m0/s1. The van der Waals surface area contributed by atoms with E-state index in [2.05, 4.69) is 17.6 Å². The van der Waals surface area contributed by atoms with Crippen molar-refractivity contribution in [1.82, 2.24) is 10.6 Å². The van der Waals surface area contributed by atoms with Crippen LogP contribution in [0.15, 0.2) is 24.3 Å². The molecule has 5 N–H and O–H groups in total. The SMILES string of the molecule is CCCCCCCC(=O)N[C@H](CC(=O)N[C@@H](C)Cc1ccc(O)cc1)C(N)=O. The molecule has 28 heavy (non-hydrogen) atoms. The Kier molecular flexibility index (Phi) is 10.7. The third-order valence-electron chi connectivity index (χ3n) is 4.46. The molecular weight excluding hydrogens is 358 g/mol. The second-order valence-electron chi connectivity index (χ2n) is 7.23. The number of carbonyl (C=O) groups is 3. The number of phenolic OH excluding ortho intramolecular Hbond substituents is 1. The third-order valence-corrected chi connectivity index (χ3v) is 4.46. The molecule has 0 spiro atoms. The monoisotopic (exact) mass is 391 g/mol. The van der Waals surface area contributed by atoms with Gasteiger partial charge in [0.05, 0.1) is 6.42 Å². The summed E-state index contributed by atoms with van der Waals surface area (Å²) in [6.45, 7) is 3.97. The fourth-order valence-electron chi connectivity index (χ4n) is 2.93. The lowest BCUT2D eigenvalue weighted by molar-refractivity contribution is -0.130. The molecule has 2 atom stereocenters. The smallest absolute Gasteiger partial charge is 0.240 e. The number of amides is 3. The summed E-state index contributed by atoms with van der Waals surface area (Å²) >= 11 is 0. The Morgan fingerprint density at radius 3 is 2.25 bits per heavy atom. The van der Waals surface area contributed by atoms with Crippen LogP contribution in [0.5, 0.6) is 5.75 Å². The van der Waals surface area contributed by atoms with Crippen molar-refractivity contribution in [3.05, 3.63) is 29.8 Å². The van der Waals surface area contributed by atoms with Crippen LogP contribution in [0.3, 0.4) is 0 Å². The zero-order valence-electron chi connectivity index (χ0n) is 16.9. The van der Waals surface area contributed by atoms with Crippen molar-refractivity contribution in [2.75, 3.05) is 0 Å². The van der Waals surface area contributed by atoms with Crippen LogP contribution in [0.25, 0.3) is 0 Å². The largest absolute Gasteiger partial charge is 0.508 e. The average Bonchev–Trinajstić information content (AvgIpc) is 2.62. The maximum absolute atomic E-state index is 12.2. The Hall–Kier alpha value is -2.57.